The third-order valence-electron chi connectivity index (χ3n) is 3.55. The van der Waals surface area contributed by atoms with Gasteiger partial charge >= 0.3 is 11.9 Å². The van der Waals surface area contributed by atoms with E-state index in [2.05, 4.69) is 20.9 Å². The van der Waals surface area contributed by atoms with E-state index < -0.39 is 11.9 Å². The summed E-state index contributed by atoms with van der Waals surface area (Å²) in [6.07, 6.45) is 1.58. The molecule has 8 heteroatoms. The highest BCUT2D eigenvalue weighted by Crippen LogP contribution is 2.21. The van der Waals surface area contributed by atoms with Crippen molar-refractivity contribution in [1.29, 1.82) is 0 Å². The van der Waals surface area contributed by atoms with Crippen LogP contribution >= 0.6 is 15.9 Å². The number of carboxylic acids is 1. The molecule has 7 nitrogen and oxygen atoms in total. The van der Waals surface area contributed by atoms with E-state index in [4.69, 9.17) is 9.47 Å². The smallest absolute Gasteiger partial charge is 0.357 e. The third-order valence-corrected chi connectivity index (χ3v) is 4.15. The standard InChI is InChI=1S/C17H19BrN2O5/c1-3-4-9-25-16(23)14-13(15(21)22)19-17(18)20(14)10-11-5-7-12(24-2)8-6-11/h5-8H,3-4,9-10H2,1-2H3,(H,21,22). The number of hydrogen-bond acceptors (Lipinski definition) is 5. The van der Waals surface area contributed by atoms with Crippen LogP contribution in [0.4, 0.5) is 0 Å². The molecule has 1 N–H and O–H groups in total. The number of carboxylic acid groups (broad SMARTS) is 1. The lowest BCUT2D eigenvalue weighted by Gasteiger charge is -2.11. The zero-order chi connectivity index (χ0) is 18.4. The van der Waals surface area contributed by atoms with E-state index in [0.29, 0.717) is 12.2 Å². The van der Waals surface area contributed by atoms with E-state index in [1.165, 1.54) is 4.57 Å². The number of carbonyl (C=O) groups is 2. The van der Waals surface area contributed by atoms with Crippen molar-refractivity contribution >= 4 is 27.9 Å². The quantitative estimate of drug-likeness (QED) is 0.529. The van der Waals surface area contributed by atoms with Crippen LogP contribution in [-0.4, -0.2) is 40.3 Å². The van der Waals surface area contributed by atoms with Gasteiger partial charge < -0.3 is 19.1 Å². The number of ether oxygens (including phenoxy) is 2. The monoisotopic (exact) mass is 410 g/mol. The minimum atomic E-state index is -1.28. The van der Waals surface area contributed by atoms with Crippen LogP contribution in [-0.2, 0) is 11.3 Å². The van der Waals surface area contributed by atoms with Crippen molar-refractivity contribution in [2.45, 2.75) is 26.3 Å². The van der Waals surface area contributed by atoms with E-state index in [1.807, 2.05) is 19.1 Å². The highest BCUT2D eigenvalue weighted by molar-refractivity contribution is 9.10. The van der Waals surface area contributed by atoms with Gasteiger partial charge in [0.25, 0.3) is 0 Å². The second-order valence-corrected chi connectivity index (χ2v) is 6.02. The molecule has 1 heterocycles. The summed E-state index contributed by atoms with van der Waals surface area (Å²) in [6.45, 7) is 2.48. The van der Waals surface area contributed by atoms with Crippen LogP contribution in [0.5, 0.6) is 5.75 Å². The van der Waals surface area contributed by atoms with Crippen LogP contribution in [0.2, 0.25) is 0 Å². The molecule has 1 aromatic heterocycles. The number of imidazole rings is 1. The topological polar surface area (TPSA) is 90.7 Å². The lowest BCUT2D eigenvalue weighted by molar-refractivity contribution is 0.0476. The van der Waals surface area contributed by atoms with Gasteiger partial charge in [0.1, 0.15) is 5.75 Å². The van der Waals surface area contributed by atoms with Crippen molar-refractivity contribution in [1.82, 2.24) is 9.55 Å². The molecule has 0 fully saturated rings. The molecule has 2 aromatic rings. The SMILES string of the molecule is CCCCOC(=O)c1c(C(=O)O)nc(Br)n1Cc1ccc(OC)cc1. The van der Waals surface area contributed by atoms with Crippen molar-refractivity contribution in [2.24, 2.45) is 0 Å². The van der Waals surface area contributed by atoms with Crippen molar-refractivity contribution < 1.29 is 24.2 Å². The Kier molecular flexibility index (Phi) is 6.58. The number of hydrogen-bond donors (Lipinski definition) is 1. The number of methoxy groups -OCH3 is 1. The number of esters is 1. The molecule has 1 aromatic carbocycles. The molecule has 0 aliphatic carbocycles. The Balaban J connectivity index is 2.34. The summed E-state index contributed by atoms with van der Waals surface area (Å²) in [4.78, 5) is 27.8. The number of aromatic carboxylic acids is 1. The Labute approximate surface area is 153 Å². The van der Waals surface area contributed by atoms with Gasteiger partial charge in [-0.15, -0.1) is 0 Å². The molecule has 25 heavy (non-hydrogen) atoms. The predicted octanol–water partition coefficient (Wildman–Crippen LogP) is 3.36. The normalized spacial score (nSPS) is 10.5. The molecule has 0 spiro atoms. The Bertz CT molecular complexity index is 755. The molecule has 0 saturated heterocycles. The van der Waals surface area contributed by atoms with Crippen molar-refractivity contribution in [3.8, 4) is 5.75 Å². The van der Waals surface area contributed by atoms with Gasteiger partial charge in [-0.1, -0.05) is 25.5 Å². The van der Waals surface area contributed by atoms with Gasteiger partial charge in [-0.2, -0.15) is 0 Å². The first kappa shape index (κ1) is 19.0. The van der Waals surface area contributed by atoms with Gasteiger partial charge in [0, 0.05) is 0 Å². The summed E-state index contributed by atoms with van der Waals surface area (Å²) >= 11 is 3.23. The molecule has 134 valence electrons. The fourth-order valence-electron chi connectivity index (χ4n) is 2.22. The largest absolute Gasteiger partial charge is 0.497 e. The summed E-state index contributed by atoms with van der Waals surface area (Å²) in [5.74, 6) is -1.27. The number of aromatic nitrogens is 2. The first-order valence-electron chi connectivity index (χ1n) is 7.77. The average Bonchev–Trinajstić information content (AvgIpc) is 2.93. The molecule has 0 bridgehead atoms. The number of nitrogens with zero attached hydrogens (tertiary/aromatic N) is 2. The summed E-state index contributed by atoms with van der Waals surface area (Å²) in [7, 11) is 1.57. The van der Waals surface area contributed by atoms with Gasteiger partial charge in [0.05, 0.1) is 20.3 Å². The van der Waals surface area contributed by atoms with Gasteiger partial charge in [-0.3, -0.25) is 0 Å². The second kappa shape index (κ2) is 8.66. The molecule has 0 amide bonds. The lowest BCUT2D eigenvalue weighted by atomic mass is 10.2. The fourth-order valence-corrected chi connectivity index (χ4v) is 2.70. The average molecular weight is 411 g/mol. The Morgan fingerprint density at radius 3 is 2.52 bits per heavy atom. The Hall–Kier alpha value is -2.35. The molecule has 0 aliphatic rings. The van der Waals surface area contributed by atoms with Crippen LogP contribution in [0, 0.1) is 0 Å². The predicted molar refractivity (Wildman–Crippen MR) is 94.2 cm³/mol. The summed E-state index contributed by atoms with van der Waals surface area (Å²) in [5.41, 5.74) is 0.451. The first-order chi connectivity index (χ1) is 12.0. The maximum absolute atomic E-state index is 12.4. The molecule has 0 atom stereocenters. The molecule has 0 unspecified atom stereocenters. The molecule has 0 saturated carbocycles. The number of carbonyl (C=O) groups excluding carboxylic acids is 1. The Morgan fingerprint density at radius 2 is 1.96 bits per heavy atom. The zero-order valence-electron chi connectivity index (χ0n) is 14.0. The molecular weight excluding hydrogens is 392 g/mol. The van der Waals surface area contributed by atoms with Crippen LogP contribution in [0.25, 0.3) is 0 Å². The lowest BCUT2D eigenvalue weighted by Crippen LogP contribution is -2.17. The maximum atomic E-state index is 12.4. The summed E-state index contributed by atoms with van der Waals surface area (Å²) in [5, 5.41) is 9.34. The summed E-state index contributed by atoms with van der Waals surface area (Å²) < 4.78 is 12.0. The van der Waals surface area contributed by atoms with Gasteiger partial charge in [0.2, 0.25) is 0 Å². The van der Waals surface area contributed by atoms with Crippen molar-refractivity contribution in [2.75, 3.05) is 13.7 Å². The number of rotatable bonds is 8. The number of benzene rings is 1. The Morgan fingerprint density at radius 1 is 1.28 bits per heavy atom. The summed E-state index contributed by atoms with van der Waals surface area (Å²) in [6, 6.07) is 7.24. The fraction of sp³-hybridized carbons (Fsp3) is 0.353. The highest BCUT2D eigenvalue weighted by Gasteiger charge is 2.27. The molecule has 0 radical (unpaired) electrons. The van der Waals surface area contributed by atoms with E-state index in [9.17, 15) is 14.7 Å². The van der Waals surface area contributed by atoms with Gasteiger partial charge in [-0.25, -0.2) is 14.6 Å². The van der Waals surface area contributed by atoms with E-state index in [-0.39, 0.29) is 29.3 Å². The zero-order valence-corrected chi connectivity index (χ0v) is 15.6. The van der Waals surface area contributed by atoms with E-state index in [1.54, 1.807) is 19.2 Å². The van der Waals surface area contributed by atoms with E-state index >= 15 is 0 Å². The van der Waals surface area contributed by atoms with Gasteiger partial charge in [0.15, 0.2) is 16.1 Å². The van der Waals surface area contributed by atoms with Gasteiger partial charge in [-0.05, 0) is 40.0 Å². The highest BCUT2D eigenvalue weighted by atomic mass is 79.9. The van der Waals surface area contributed by atoms with Crippen molar-refractivity contribution in [3.05, 3.63) is 46.0 Å². The van der Waals surface area contributed by atoms with Crippen LogP contribution in [0.15, 0.2) is 29.0 Å². The first-order valence-corrected chi connectivity index (χ1v) is 8.56. The molecule has 0 aliphatic heterocycles. The molecule has 2 rings (SSSR count). The number of halogens is 1. The van der Waals surface area contributed by atoms with Crippen LogP contribution in [0.3, 0.4) is 0 Å². The maximum Gasteiger partial charge on any atom is 0.357 e. The number of unbranched alkanes of at least 4 members (excludes halogenated alkanes) is 1. The van der Waals surface area contributed by atoms with Crippen LogP contribution < -0.4 is 4.74 Å². The van der Waals surface area contributed by atoms with E-state index in [0.717, 1.165) is 12.0 Å². The minimum Gasteiger partial charge on any atom is -0.497 e. The van der Waals surface area contributed by atoms with Crippen LogP contribution in [0.1, 0.15) is 46.3 Å². The minimum absolute atomic E-state index is 0.0775. The van der Waals surface area contributed by atoms with Crippen molar-refractivity contribution in [3.63, 3.8) is 0 Å². The third kappa shape index (κ3) is 4.60. The second-order valence-electron chi connectivity index (χ2n) is 5.31. The molecular formula is C17H19BrN2O5.